The lowest BCUT2D eigenvalue weighted by molar-refractivity contribution is -0.149. The fraction of sp³-hybridized carbons (Fsp3) is 0.593. The molecule has 2 aromatic rings. The Labute approximate surface area is 406 Å². The predicted octanol–water partition coefficient (Wildman–Crippen LogP) is 14.8. The van der Waals surface area contributed by atoms with E-state index in [0.29, 0.717) is 43.3 Å². The first kappa shape index (κ1) is 57.2. The Morgan fingerprint density at radius 1 is 0.642 bits per heavy atom. The zero-order chi connectivity index (χ0) is 50.4. The molecule has 2 saturated heterocycles. The fourth-order valence-corrected chi connectivity index (χ4v) is 8.81. The smallest absolute Gasteiger partial charge is 0.163 e. The van der Waals surface area contributed by atoms with Gasteiger partial charge in [0.2, 0.25) is 0 Å². The van der Waals surface area contributed by atoms with Crippen molar-refractivity contribution < 1.29 is 38.0 Å². The molecule has 2 fully saturated rings. The van der Waals surface area contributed by atoms with E-state index < -0.39 is 11.6 Å². The van der Waals surface area contributed by atoms with Crippen molar-refractivity contribution >= 4 is 17.6 Å². The molecule has 67 heavy (non-hydrogen) atoms. The molecule has 0 aromatic heterocycles. The van der Waals surface area contributed by atoms with Crippen molar-refractivity contribution in [2.75, 3.05) is 13.2 Å². The van der Waals surface area contributed by atoms with E-state index in [4.69, 9.17) is 28.4 Å². The average molecular weight is 925 g/mol. The molecule has 0 bridgehead atoms. The van der Waals surface area contributed by atoms with E-state index in [0.717, 1.165) is 57.7 Å². The van der Waals surface area contributed by atoms with Gasteiger partial charge < -0.3 is 28.4 Å². The second-order valence-electron chi connectivity index (χ2n) is 20.8. The molecule has 2 aliphatic heterocycles. The molecule has 9 atom stereocenters. The van der Waals surface area contributed by atoms with E-state index >= 15 is 0 Å². The minimum atomic E-state index is -0.617. The number of hydrogen-bond donors (Lipinski definition) is 0. The monoisotopic (exact) mass is 925 g/mol. The third kappa shape index (κ3) is 17.4. The summed E-state index contributed by atoms with van der Waals surface area (Å²) in [5, 5.41) is 0. The normalized spacial score (nSPS) is 22.4. The minimum absolute atomic E-state index is 0.00790. The topological polar surface area (TPSA) is 89.5 Å². The number of carbonyl (C=O) groups excluding carboxylic acids is 2. The van der Waals surface area contributed by atoms with Crippen LogP contribution in [0.2, 0.25) is 0 Å². The van der Waals surface area contributed by atoms with E-state index in [2.05, 4.69) is 106 Å². The lowest BCUT2D eigenvalue weighted by Crippen LogP contribution is -2.29. The van der Waals surface area contributed by atoms with Crippen LogP contribution in [0.1, 0.15) is 172 Å². The molecule has 2 aliphatic rings. The molecular formula is C59H88O8. The van der Waals surface area contributed by atoms with Gasteiger partial charge in [-0.05, 0) is 151 Å². The zero-order valence-electron chi connectivity index (χ0n) is 44.5. The van der Waals surface area contributed by atoms with Gasteiger partial charge in [-0.15, -0.1) is 0 Å². The van der Waals surface area contributed by atoms with Crippen molar-refractivity contribution in [2.24, 2.45) is 35.5 Å². The number of rotatable bonds is 23. The SMILES string of the molecule is C=CCOc1cc(C)c(C(C)=O)c(/C=C/CC2OC(C)(C)OC2C(C)/C=C\[C@@H](C)C(C)C)c1.C=CCOc1cc(C)c(C(C)=O)c(C(C)CCC2OC(C)(C)OC2C(C)/C=C\[C@@H](C)C(C)C)c1. The first-order valence-electron chi connectivity index (χ1n) is 24.8. The Bertz CT molecular complexity index is 2030. The number of allylic oxidation sites excluding steroid dienone is 2. The molecule has 8 nitrogen and oxygen atoms in total. The number of ether oxygens (including phenoxy) is 6. The van der Waals surface area contributed by atoms with E-state index in [1.807, 2.05) is 71.9 Å². The summed E-state index contributed by atoms with van der Waals surface area (Å²) in [6, 6.07) is 7.77. The number of hydrogen-bond acceptors (Lipinski definition) is 8. The van der Waals surface area contributed by atoms with E-state index in [1.165, 1.54) is 0 Å². The van der Waals surface area contributed by atoms with Crippen molar-refractivity contribution in [2.45, 2.75) is 179 Å². The molecule has 0 aliphatic carbocycles. The highest BCUT2D eigenvalue weighted by molar-refractivity contribution is 5.99. The van der Waals surface area contributed by atoms with Crippen LogP contribution in [0.25, 0.3) is 6.08 Å². The molecular weight excluding hydrogens is 837 g/mol. The van der Waals surface area contributed by atoms with Gasteiger partial charge in [0.25, 0.3) is 0 Å². The van der Waals surface area contributed by atoms with Crippen LogP contribution in [-0.2, 0) is 18.9 Å². The van der Waals surface area contributed by atoms with Crippen molar-refractivity contribution in [1.82, 2.24) is 0 Å². The first-order valence-corrected chi connectivity index (χ1v) is 24.8. The van der Waals surface area contributed by atoms with E-state index in [-0.39, 0.29) is 53.7 Å². The second kappa shape index (κ2) is 26.1. The molecule has 0 saturated carbocycles. The number of benzene rings is 2. The number of carbonyl (C=O) groups is 2. The van der Waals surface area contributed by atoms with Gasteiger partial charge in [-0.3, -0.25) is 9.59 Å². The summed E-state index contributed by atoms with van der Waals surface area (Å²) in [7, 11) is 0. The summed E-state index contributed by atoms with van der Waals surface area (Å²) >= 11 is 0. The average Bonchev–Trinajstić information content (AvgIpc) is 3.74. The highest BCUT2D eigenvalue weighted by atomic mass is 16.8. The number of ketones is 2. The van der Waals surface area contributed by atoms with Crippen LogP contribution < -0.4 is 9.47 Å². The molecule has 0 amide bonds. The maximum Gasteiger partial charge on any atom is 0.163 e. The maximum absolute atomic E-state index is 12.5. The van der Waals surface area contributed by atoms with Crippen molar-refractivity contribution in [3.05, 3.63) is 113 Å². The van der Waals surface area contributed by atoms with Crippen LogP contribution in [0.3, 0.4) is 0 Å². The van der Waals surface area contributed by atoms with Gasteiger partial charge in [0.05, 0.1) is 24.4 Å². The first-order chi connectivity index (χ1) is 31.3. The van der Waals surface area contributed by atoms with Crippen molar-refractivity contribution in [1.29, 1.82) is 0 Å². The molecule has 372 valence electrons. The minimum Gasteiger partial charge on any atom is -0.490 e. The number of aryl methyl sites for hydroxylation is 2. The standard InChI is InChI=1S/C30H46O4.C29H42O4/c1-11-16-32-25-17-23(7)28(24(8)31)26(18-25)21(5)14-15-27-29(34-30(9,10)33-27)22(6)13-12-20(4)19(2)3;1-10-16-31-25-17-22(6)27(23(7)30)24(18-25)12-11-13-26-28(33-29(8,9)32-26)21(5)15-14-20(4)19(2)3/h11-13,17-22,27,29H,1,14-16H2,2-10H3;10-12,14-15,17-21,26,28H,1,13,16H2,2-9H3/b13-12-;12-11+,15-14-/t20-,21?,22?,27?,29?;20-,21?,26?,28?/m11/s1. The van der Waals surface area contributed by atoms with Crippen LogP contribution in [0.15, 0.2) is 80.0 Å². The summed E-state index contributed by atoms with van der Waals surface area (Å²) in [5.41, 5.74) is 5.28. The Morgan fingerprint density at radius 2 is 1.09 bits per heavy atom. The third-order valence-corrected chi connectivity index (χ3v) is 13.2. The summed E-state index contributed by atoms with van der Waals surface area (Å²) in [6.07, 6.45) is 19.0. The predicted molar refractivity (Wildman–Crippen MR) is 277 cm³/mol. The molecule has 0 spiro atoms. The van der Waals surface area contributed by atoms with Gasteiger partial charge in [0.15, 0.2) is 23.1 Å². The molecule has 2 heterocycles. The van der Waals surface area contributed by atoms with Gasteiger partial charge in [-0.25, -0.2) is 0 Å². The Hall–Kier alpha value is -4.08. The molecule has 2 aromatic carbocycles. The van der Waals surface area contributed by atoms with Gasteiger partial charge >= 0.3 is 0 Å². The van der Waals surface area contributed by atoms with Crippen LogP contribution in [0.5, 0.6) is 11.5 Å². The quantitative estimate of drug-likeness (QED) is 0.0804. The Balaban J connectivity index is 0.000000355. The van der Waals surface area contributed by atoms with Crippen LogP contribution in [0, 0.1) is 49.4 Å². The Morgan fingerprint density at radius 3 is 1.55 bits per heavy atom. The molecule has 7 unspecified atom stereocenters. The summed E-state index contributed by atoms with van der Waals surface area (Å²) in [5.74, 6) is 3.37. The lowest BCUT2D eigenvalue weighted by Gasteiger charge is -2.24. The summed E-state index contributed by atoms with van der Waals surface area (Å²) < 4.78 is 36.7. The largest absolute Gasteiger partial charge is 0.490 e. The van der Waals surface area contributed by atoms with Gasteiger partial charge in [0.1, 0.15) is 24.7 Å². The van der Waals surface area contributed by atoms with E-state index in [1.54, 1.807) is 26.0 Å². The van der Waals surface area contributed by atoms with Crippen molar-refractivity contribution in [3.8, 4) is 11.5 Å². The Kier molecular flexibility index (Phi) is 22.3. The number of Topliss-reactive ketones (excluding diaryl/α,β-unsaturated/α-hetero) is 2. The van der Waals surface area contributed by atoms with Crippen LogP contribution in [-0.4, -0.2) is 60.8 Å². The highest BCUT2D eigenvalue weighted by Gasteiger charge is 2.44. The maximum atomic E-state index is 12.5. The van der Waals surface area contributed by atoms with Gasteiger partial charge in [-0.1, -0.05) is 124 Å². The lowest BCUT2D eigenvalue weighted by atomic mass is 9.85. The fourth-order valence-electron chi connectivity index (χ4n) is 8.81. The molecule has 0 radical (unpaired) electrons. The molecule has 0 N–H and O–H groups in total. The summed E-state index contributed by atoms with van der Waals surface area (Å²) in [6.45, 7) is 43.4. The van der Waals surface area contributed by atoms with E-state index in [9.17, 15) is 9.59 Å². The van der Waals surface area contributed by atoms with Crippen LogP contribution in [0.4, 0.5) is 0 Å². The van der Waals surface area contributed by atoms with Gasteiger partial charge in [0, 0.05) is 23.0 Å². The van der Waals surface area contributed by atoms with Gasteiger partial charge in [-0.2, -0.15) is 0 Å². The zero-order valence-corrected chi connectivity index (χ0v) is 44.5. The summed E-state index contributed by atoms with van der Waals surface area (Å²) in [4.78, 5) is 24.8. The van der Waals surface area contributed by atoms with Crippen molar-refractivity contribution in [3.63, 3.8) is 0 Å². The molecule has 4 rings (SSSR count). The third-order valence-electron chi connectivity index (χ3n) is 13.2. The second-order valence-corrected chi connectivity index (χ2v) is 20.8. The highest BCUT2D eigenvalue weighted by Crippen LogP contribution is 2.39. The molecule has 8 heteroatoms. The van der Waals surface area contributed by atoms with Crippen LogP contribution >= 0.6 is 0 Å².